The minimum atomic E-state index is 0.238. The number of aromatic amines is 1. The summed E-state index contributed by atoms with van der Waals surface area (Å²) >= 11 is 6.02. The summed E-state index contributed by atoms with van der Waals surface area (Å²) in [7, 11) is 2.27. The number of nitrogens with zero attached hydrogens (tertiary/aromatic N) is 1. The molecule has 0 aliphatic rings. The summed E-state index contributed by atoms with van der Waals surface area (Å²) in [5.74, 6) is 0.238. The number of aromatic nitrogens is 1. The van der Waals surface area contributed by atoms with Gasteiger partial charge in [-0.05, 0) is 51.5 Å². The van der Waals surface area contributed by atoms with Crippen molar-refractivity contribution in [3.8, 4) is 0 Å². The molecule has 1 N–H and O–H groups in total. The number of unbranched alkanes of at least 4 members (excludes halogenated alkanes) is 12. The number of ketones is 1. The molecule has 1 heterocycles. The SMILES string of the molecule is CCCCCCCCCN(C)CCCCCCCCCC(=O)c1c[nH]c2cc(Cl)ccc12. The van der Waals surface area contributed by atoms with Gasteiger partial charge >= 0.3 is 0 Å². The number of H-pyrrole nitrogens is 1. The molecule has 0 amide bonds. The van der Waals surface area contributed by atoms with Crippen molar-refractivity contribution in [2.75, 3.05) is 20.1 Å². The van der Waals surface area contributed by atoms with Crippen molar-refractivity contribution in [1.29, 1.82) is 0 Å². The molecular weight excluding hydrogens is 416 g/mol. The molecule has 0 aliphatic heterocycles. The van der Waals surface area contributed by atoms with Gasteiger partial charge in [0.05, 0.1) is 0 Å². The number of carbonyl (C=O) groups is 1. The molecule has 32 heavy (non-hydrogen) atoms. The lowest BCUT2D eigenvalue weighted by Gasteiger charge is -2.16. The maximum absolute atomic E-state index is 12.5. The molecular formula is C28H45ClN2O. The zero-order chi connectivity index (χ0) is 23.0. The molecule has 1 aromatic carbocycles. The second kappa shape index (κ2) is 16.3. The molecule has 0 spiro atoms. The van der Waals surface area contributed by atoms with Crippen LogP contribution in [-0.4, -0.2) is 35.8 Å². The van der Waals surface area contributed by atoms with E-state index in [1.807, 2.05) is 24.4 Å². The quantitative estimate of drug-likeness (QED) is 0.168. The van der Waals surface area contributed by atoms with Crippen molar-refractivity contribution in [2.24, 2.45) is 0 Å². The average Bonchev–Trinajstić information content (AvgIpc) is 3.20. The number of rotatable bonds is 19. The van der Waals surface area contributed by atoms with Crippen LogP contribution >= 0.6 is 11.6 Å². The third-order valence-corrected chi connectivity index (χ3v) is 6.77. The van der Waals surface area contributed by atoms with Gasteiger partial charge in [0.25, 0.3) is 0 Å². The number of hydrogen-bond acceptors (Lipinski definition) is 2. The summed E-state index contributed by atoms with van der Waals surface area (Å²) in [5, 5.41) is 1.68. The van der Waals surface area contributed by atoms with E-state index in [9.17, 15) is 4.79 Å². The number of nitrogens with one attached hydrogen (secondary N) is 1. The Morgan fingerprint density at radius 1 is 0.844 bits per heavy atom. The highest BCUT2D eigenvalue weighted by atomic mass is 35.5. The van der Waals surface area contributed by atoms with Gasteiger partial charge in [0.1, 0.15) is 0 Å². The van der Waals surface area contributed by atoms with Gasteiger partial charge in [-0.2, -0.15) is 0 Å². The zero-order valence-electron chi connectivity index (χ0n) is 20.6. The molecule has 0 bridgehead atoms. The molecule has 2 aromatic rings. The topological polar surface area (TPSA) is 36.1 Å². The van der Waals surface area contributed by atoms with Crippen LogP contribution in [0, 0.1) is 0 Å². The Hall–Kier alpha value is -1.32. The molecule has 0 saturated heterocycles. The largest absolute Gasteiger partial charge is 0.360 e. The first-order valence-electron chi connectivity index (χ1n) is 13.1. The highest BCUT2D eigenvalue weighted by Crippen LogP contribution is 2.23. The summed E-state index contributed by atoms with van der Waals surface area (Å²) in [6, 6.07) is 5.66. The molecule has 0 atom stereocenters. The van der Waals surface area contributed by atoms with Crippen molar-refractivity contribution in [1.82, 2.24) is 9.88 Å². The van der Waals surface area contributed by atoms with E-state index in [0.717, 1.165) is 29.3 Å². The molecule has 4 heteroatoms. The van der Waals surface area contributed by atoms with Crippen molar-refractivity contribution >= 4 is 28.3 Å². The Labute approximate surface area is 201 Å². The van der Waals surface area contributed by atoms with E-state index in [1.165, 1.54) is 90.1 Å². The van der Waals surface area contributed by atoms with Crippen LogP contribution in [0.2, 0.25) is 5.02 Å². The fraction of sp³-hybridized carbons (Fsp3) is 0.679. The summed E-state index contributed by atoms with van der Waals surface area (Å²) < 4.78 is 0. The third-order valence-electron chi connectivity index (χ3n) is 6.53. The normalized spacial score (nSPS) is 11.6. The first-order chi connectivity index (χ1) is 15.6. The van der Waals surface area contributed by atoms with E-state index in [0.29, 0.717) is 11.4 Å². The molecule has 0 saturated carbocycles. The highest BCUT2D eigenvalue weighted by Gasteiger charge is 2.11. The number of halogens is 1. The Balaban J connectivity index is 1.42. The van der Waals surface area contributed by atoms with Crippen molar-refractivity contribution in [2.45, 2.75) is 103 Å². The number of hydrogen-bond donors (Lipinski definition) is 1. The van der Waals surface area contributed by atoms with Crippen molar-refractivity contribution in [3.05, 3.63) is 35.0 Å². The number of carbonyl (C=O) groups excluding carboxylic acids is 1. The van der Waals surface area contributed by atoms with Crippen molar-refractivity contribution in [3.63, 3.8) is 0 Å². The van der Waals surface area contributed by atoms with Gasteiger partial charge in [-0.3, -0.25) is 4.79 Å². The predicted molar refractivity (Wildman–Crippen MR) is 140 cm³/mol. The molecule has 0 radical (unpaired) electrons. The fourth-order valence-corrected chi connectivity index (χ4v) is 4.64. The van der Waals surface area contributed by atoms with Crippen LogP contribution in [0.5, 0.6) is 0 Å². The summed E-state index contributed by atoms with van der Waals surface area (Å²) in [4.78, 5) is 18.2. The minimum Gasteiger partial charge on any atom is -0.360 e. The fourth-order valence-electron chi connectivity index (χ4n) is 4.47. The zero-order valence-corrected chi connectivity index (χ0v) is 21.3. The van der Waals surface area contributed by atoms with Crippen molar-refractivity contribution < 1.29 is 4.79 Å². The Kier molecular flexibility index (Phi) is 13.7. The van der Waals surface area contributed by atoms with E-state index in [4.69, 9.17) is 11.6 Å². The Morgan fingerprint density at radius 3 is 2.03 bits per heavy atom. The van der Waals surface area contributed by atoms with E-state index >= 15 is 0 Å². The van der Waals surface area contributed by atoms with Crippen LogP contribution in [0.15, 0.2) is 24.4 Å². The van der Waals surface area contributed by atoms with Gasteiger partial charge in [0, 0.05) is 34.1 Å². The Morgan fingerprint density at radius 2 is 1.41 bits per heavy atom. The van der Waals surface area contributed by atoms with Crippen LogP contribution in [0.1, 0.15) is 114 Å². The molecule has 0 fully saturated rings. The van der Waals surface area contributed by atoms with Crippen LogP contribution in [0.4, 0.5) is 0 Å². The lowest BCUT2D eigenvalue weighted by molar-refractivity contribution is 0.0980. The predicted octanol–water partition coefficient (Wildman–Crippen LogP) is 8.81. The first-order valence-corrected chi connectivity index (χ1v) is 13.5. The summed E-state index contributed by atoms with van der Waals surface area (Å²) in [6.45, 7) is 4.77. The molecule has 2 rings (SSSR count). The molecule has 3 nitrogen and oxygen atoms in total. The molecule has 1 aromatic heterocycles. The number of benzene rings is 1. The standard InChI is InChI=1S/C28H45ClN2O/c1-3-4-5-6-9-12-15-20-31(2)21-16-13-10-7-8-11-14-17-28(32)26-23-30-27-22-24(29)18-19-25(26)27/h18-19,22-23,30H,3-17,20-21H2,1-2H3. The second-order valence-electron chi connectivity index (χ2n) is 9.46. The lowest BCUT2D eigenvalue weighted by Crippen LogP contribution is -2.20. The van der Waals surface area contributed by atoms with E-state index in [2.05, 4.69) is 23.9 Å². The summed E-state index contributed by atoms with van der Waals surface area (Å²) in [6.07, 6.45) is 20.8. The van der Waals surface area contributed by atoms with E-state index in [-0.39, 0.29) is 5.78 Å². The Bertz CT molecular complexity index is 770. The van der Waals surface area contributed by atoms with Crippen LogP contribution < -0.4 is 0 Å². The monoisotopic (exact) mass is 460 g/mol. The average molecular weight is 461 g/mol. The number of Topliss-reactive ketones (excluding diaryl/α,β-unsaturated/α-hetero) is 1. The van der Waals surface area contributed by atoms with Crippen LogP contribution in [0.25, 0.3) is 10.9 Å². The third kappa shape index (κ3) is 10.5. The van der Waals surface area contributed by atoms with Gasteiger partial charge in [-0.25, -0.2) is 0 Å². The smallest absolute Gasteiger partial charge is 0.165 e. The van der Waals surface area contributed by atoms with E-state index in [1.54, 1.807) is 0 Å². The van der Waals surface area contributed by atoms with E-state index < -0.39 is 0 Å². The summed E-state index contributed by atoms with van der Waals surface area (Å²) in [5.41, 5.74) is 1.74. The van der Waals surface area contributed by atoms with Gasteiger partial charge in [-0.1, -0.05) is 95.2 Å². The first kappa shape index (κ1) is 26.9. The van der Waals surface area contributed by atoms with Crippen LogP contribution in [-0.2, 0) is 0 Å². The van der Waals surface area contributed by atoms with Gasteiger partial charge in [0.15, 0.2) is 5.78 Å². The van der Waals surface area contributed by atoms with Gasteiger partial charge < -0.3 is 9.88 Å². The lowest BCUT2D eigenvalue weighted by atomic mass is 10.0. The molecule has 0 aliphatic carbocycles. The molecule has 180 valence electrons. The van der Waals surface area contributed by atoms with Gasteiger partial charge in [0.2, 0.25) is 0 Å². The molecule has 0 unspecified atom stereocenters. The maximum atomic E-state index is 12.5. The number of fused-ring (bicyclic) bond motifs is 1. The highest BCUT2D eigenvalue weighted by molar-refractivity contribution is 6.31. The minimum absolute atomic E-state index is 0.238. The maximum Gasteiger partial charge on any atom is 0.165 e. The van der Waals surface area contributed by atoms with Gasteiger partial charge in [-0.15, -0.1) is 0 Å². The van der Waals surface area contributed by atoms with Crippen LogP contribution in [0.3, 0.4) is 0 Å². The second-order valence-corrected chi connectivity index (χ2v) is 9.90.